The number of rotatable bonds is 5. The molecule has 2 rings (SSSR count). The molecule has 1 atom stereocenters. The SMILES string of the molecule is CCc1cccc(OCCC2CCCNC2)c1. The first kappa shape index (κ1) is 12.4. The molecule has 1 unspecified atom stereocenters. The molecule has 1 aliphatic heterocycles. The van der Waals surface area contributed by atoms with Gasteiger partial charge in [0, 0.05) is 0 Å². The Balaban J connectivity index is 1.73. The van der Waals surface area contributed by atoms with E-state index in [1.165, 1.54) is 37.9 Å². The van der Waals surface area contributed by atoms with Crippen molar-refractivity contribution in [2.45, 2.75) is 32.6 Å². The number of ether oxygens (including phenoxy) is 1. The Kier molecular flexibility index (Phi) is 4.87. The molecular weight excluding hydrogens is 210 g/mol. The van der Waals surface area contributed by atoms with E-state index in [4.69, 9.17) is 4.74 Å². The van der Waals surface area contributed by atoms with Crippen LogP contribution in [0.15, 0.2) is 24.3 Å². The van der Waals surface area contributed by atoms with Crippen LogP contribution in [-0.2, 0) is 6.42 Å². The highest BCUT2D eigenvalue weighted by molar-refractivity contribution is 5.28. The molecule has 1 aromatic carbocycles. The number of piperidine rings is 1. The molecule has 1 N–H and O–H groups in total. The van der Waals surface area contributed by atoms with Gasteiger partial charge in [0.15, 0.2) is 0 Å². The van der Waals surface area contributed by atoms with Gasteiger partial charge in [-0.3, -0.25) is 0 Å². The van der Waals surface area contributed by atoms with E-state index in [9.17, 15) is 0 Å². The van der Waals surface area contributed by atoms with Crippen LogP contribution in [0.2, 0.25) is 0 Å². The van der Waals surface area contributed by atoms with Crippen molar-refractivity contribution in [3.63, 3.8) is 0 Å². The Hall–Kier alpha value is -1.02. The minimum atomic E-state index is 0.804. The summed E-state index contributed by atoms with van der Waals surface area (Å²) in [6.07, 6.45) is 4.91. The molecule has 1 fully saturated rings. The second kappa shape index (κ2) is 6.65. The minimum Gasteiger partial charge on any atom is -0.494 e. The van der Waals surface area contributed by atoms with Crippen LogP contribution >= 0.6 is 0 Å². The van der Waals surface area contributed by atoms with Crippen molar-refractivity contribution in [2.75, 3.05) is 19.7 Å². The summed E-state index contributed by atoms with van der Waals surface area (Å²) in [5.41, 5.74) is 1.35. The average molecular weight is 233 g/mol. The third-order valence-corrected chi connectivity index (χ3v) is 3.50. The maximum Gasteiger partial charge on any atom is 0.119 e. The number of nitrogens with one attached hydrogen (secondary N) is 1. The second-order valence-corrected chi connectivity index (χ2v) is 4.85. The lowest BCUT2D eigenvalue weighted by Gasteiger charge is -2.22. The van der Waals surface area contributed by atoms with Crippen molar-refractivity contribution in [1.82, 2.24) is 5.32 Å². The van der Waals surface area contributed by atoms with E-state index in [1.54, 1.807) is 0 Å². The van der Waals surface area contributed by atoms with Crippen molar-refractivity contribution < 1.29 is 4.74 Å². The summed E-state index contributed by atoms with van der Waals surface area (Å²) in [5.74, 6) is 1.83. The van der Waals surface area contributed by atoms with Crippen molar-refractivity contribution in [2.24, 2.45) is 5.92 Å². The summed E-state index contributed by atoms with van der Waals surface area (Å²) in [6.45, 7) is 5.38. The lowest BCUT2D eigenvalue weighted by atomic mass is 9.97. The van der Waals surface area contributed by atoms with Gasteiger partial charge in [-0.05, 0) is 62.4 Å². The zero-order chi connectivity index (χ0) is 11.9. The molecule has 1 saturated heterocycles. The Morgan fingerprint density at radius 2 is 2.35 bits per heavy atom. The highest BCUT2D eigenvalue weighted by Gasteiger charge is 2.12. The van der Waals surface area contributed by atoms with Gasteiger partial charge in [-0.1, -0.05) is 19.1 Å². The van der Waals surface area contributed by atoms with Crippen molar-refractivity contribution in [1.29, 1.82) is 0 Å². The van der Waals surface area contributed by atoms with Crippen LogP contribution in [-0.4, -0.2) is 19.7 Å². The van der Waals surface area contributed by atoms with E-state index >= 15 is 0 Å². The summed E-state index contributed by atoms with van der Waals surface area (Å²) in [5, 5.41) is 3.45. The van der Waals surface area contributed by atoms with Gasteiger partial charge < -0.3 is 10.1 Å². The molecule has 0 aliphatic carbocycles. The van der Waals surface area contributed by atoms with E-state index in [2.05, 4.69) is 36.5 Å². The summed E-state index contributed by atoms with van der Waals surface area (Å²) >= 11 is 0. The monoisotopic (exact) mass is 233 g/mol. The molecule has 0 radical (unpaired) electrons. The largest absolute Gasteiger partial charge is 0.494 e. The quantitative estimate of drug-likeness (QED) is 0.844. The van der Waals surface area contributed by atoms with Crippen LogP contribution in [0.3, 0.4) is 0 Å². The molecule has 0 saturated carbocycles. The molecule has 0 amide bonds. The van der Waals surface area contributed by atoms with Crippen LogP contribution in [0.25, 0.3) is 0 Å². The Morgan fingerprint density at radius 1 is 1.41 bits per heavy atom. The number of aryl methyl sites for hydroxylation is 1. The fourth-order valence-electron chi connectivity index (χ4n) is 2.37. The van der Waals surface area contributed by atoms with E-state index in [1.807, 2.05) is 0 Å². The fourth-order valence-corrected chi connectivity index (χ4v) is 2.37. The maximum atomic E-state index is 5.82. The van der Waals surface area contributed by atoms with E-state index in [0.717, 1.165) is 24.7 Å². The summed E-state index contributed by atoms with van der Waals surface area (Å²) in [4.78, 5) is 0. The maximum absolute atomic E-state index is 5.82. The fraction of sp³-hybridized carbons (Fsp3) is 0.600. The topological polar surface area (TPSA) is 21.3 Å². The lowest BCUT2D eigenvalue weighted by Crippen LogP contribution is -2.30. The predicted molar refractivity (Wildman–Crippen MR) is 71.5 cm³/mol. The average Bonchev–Trinajstić information content (AvgIpc) is 2.40. The van der Waals surface area contributed by atoms with Crippen LogP contribution in [0.5, 0.6) is 5.75 Å². The molecule has 0 bridgehead atoms. The molecule has 1 heterocycles. The summed E-state index contributed by atoms with van der Waals surface area (Å²) < 4.78 is 5.82. The van der Waals surface area contributed by atoms with Gasteiger partial charge in [0.2, 0.25) is 0 Å². The normalized spacial score (nSPS) is 20.2. The standard InChI is InChI=1S/C15H23NO/c1-2-13-5-3-7-15(11-13)17-10-8-14-6-4-9-16-12-14/h3,5,7,11,14,16H,2,4,6,8-10,12H2,1H3. The Labute approximate surface area is 104 Å². The highest BCUT2D eigenvalue weighted by Crippen LogP contribution is 2.17. The molecule has 2 nitrogen and oxygen atoms in total. The van der Waals surface area contributed by atoms with Gasteiger partial charge in [-0.25, -0.2) is 0 Å². The van der Waals surface area contributed by atoms with Crippen molar-refractivity contribution in [3.05, 3.63) is 29.8 Å². The predicted octanol–water partition coefficient (Wildman–Crippen LogP) is 3.02. The lowest BCUT2D eigenvalue weighted by molar-refractivity contribution is 0.254. The first-order chi connectivity index (χ1) is 8.38. The molecule has 17 heavy (non-hydrogen) atoms. The minimum absolute atomic E-state index is 0.804. The Bertz CT molecular complexity index is 331. The van der Waals surface area contributed by atoms with Gasteiger partial charge in [-0.15, -0.1) is 0 Å². The van der Waals surface area contributed by atoms with Gasteiger partial charge >= 0.3 is 0 Å². The Morgan fingerprint density at radius 3 is 3.12 bits per heavy atom. The molecular formula is C15H23NO. The summed E-state index contributed by atoms with van der Waals surface area (Å²) in [6, 6.07) is 8.44. The smallest absolute Gasteiger partial charge is 0.119 e. The second-order valence-electron chi connectivity index (χ2n) is 4.85. The van der Waals surface area contributed by atoms with Crippen LogP contribution in [0.4, 0.5) is 0 Å². The summed E-state index contributed by atoms with van der Waals surface area (Å²) in [7, 11) is 0. The zero-order valence-electron chi connectivity index (χ0n) is 10.7. The molecule has 94 valence electrons. The van der Waals surface area contributed by atoms with Gasteiger partial charge in [0.25, 0.3) is 0 Å². The van der Waals surface area contributed by atoms with Crippen LogP contribution in [0.1, 0.15) is 31.7 Å². The van der Waals surface area contributed by atoms with E-state index in [-0.39, 0.29) is 0 Å². The van der Waals surface area contributed by atoms with Crippen molar-refractivity contribution >= 4 is 0 Å². The third kappa shape index (κ3) is 4.04. The van der Waals surface area contributed by atoms with Gasteiger partial charge in [0.05, 0.1) is 6.61 Å². The molecule has 0 aromatic heterocycles. The molecule has 0 spiro atoms. The number of benzene rings is 1. The number of hydrogen-bond donors (Lipinski definition) is 1. The van der Waals surface area contributed by atoms with E-state index in [0.29, 0.717) is 0 Å². The van der Waals surface area contributed by atoms with Gasteiger partial charge in [-0.2, -0.15) is 0 Å². The first-order valence-electron chi connectivity index (χ1n) is 6.81. The third-order valence-electron chi connectivity index (χ3n) is 3.50. The van der Waals surface area contributed by atoms with E-state index < -0.39 is 0 Å². The molecule has 1 aromatic rings. The highest BCUT2D eigenvalue weighted by atomic mass is 16.5. The molecule has 1 aliphatic rings. The van der Waals surface area contributed by atoms with Gasteiger partial charge in [0.1, 0.15) is 5.75 Å². The van der Waals surface area contributed by atoms with Crippen LogP contribution < -0.4 is 10.1 Å². The van der Waals surface area contributed by atoms with Crippen LogP contribution in [0, 0.1) is 5.92 Å². The van der Waals surface area contributed by atoms with Crippen molar-refractivity contribution in [3.8, 4) is 5.75 Å². The zero-order valence-corrected chi connectivity index (χ0v) is 10.7. The number of hydrogen-bond acceptors (Lipinski definition) is 2. The molecule has 2 heteroatoms. The first-order valence-corrected chi connectivity index (χ1v) is 6.81.